The lowest BCUT2D eigenvalue weighted by atomic mass is 9.73. The lowest BCUT2D eigenvalue weighted by molar-refractivity contribution is -0.142. The molecule has 2 unspecified atom stereocenters. The molecule has 11 heteroatoms. The van der Waals surface area contributed by atoms with Crippen LogP contribution in [0.5, 0.6) is 0 Å². The van der Waals surface area contributed by atoms with Crippen molar-refractivity contribution in [3.8, 4) is 0 Å². The number of anilines is 1. The van der Waals surface area contributed by atoms with Gasteiger partial charge in [0.2, 0.25) is 0 Å². The summed E-state index contributed by atoms with van der Waals surface area (Å²) in [6.45, 7) is 8.48. The lowest BCUT2D eigenvalue weighted by Crippen LogP contribution is -2.63. The van der Waals surface area contributed by atoms with Crippen LogP contribution in [0.4, 0.5) is 15.3 Å². The van der Waals surface area contributed by atoms with Crippen molar-refractivity contribution in [3.05, 3.63) is 52.2 Å². The van der Waals surface area contributed by atoms with Crippen molar-refractivity contribution in [1.29, 1.82) is 5.41 Å². The van der Waals surface area contributed by atoms with E-state index in [1.54, 1.807) is 4.90 Å². The average Bonchev–Trinajstić information content (AvgIpc) is 3.06. The Kier molecular flexibility index (Phi) is 9.64. The van der Waals surface area contributed by atoms with Crippen molar-refractivity contribution in [3.63, 3.8) is 0 Å². The summed E-state index contributed by atoms with van der Waals surface area (Å²) in [5, 5.41) is 13.9. The zero-order valence-electron chi connectivity index (χ0n) is 28.1. The first-order chi connectivity index (χ1) is 22.5. The quantitative estimate of drug-likeness (QED) is 0.270. The molecule has 3 saturated heterocycles. The maximum atomic E-state index is 14.1. The number of hydrogen-bond donors (Lipinski definition) is 4. The van der Waals surface area contributed by atoms with E-state index in [1.807, 2.05) is 30.0 Å². The van der Waals surface area contributed by atoms with Gasteiger partial charge in [0.25, 0.3) is 5.91 Å². The van der Waals surface area contributed by atoms with Crippen LogP contribution in [0, 0.1) is 30.1 Å². The number of urea groups is 1. The van der Waals surface area contributed by atoms with Crippen LogP contribution in [-0.2, 0) is 16.0 Å². The highest BCUT2D eigenvalue weighted by Crippen LogP contribution is 2.40. The van der Waals surface area contributed by atoms with Crippen molar-refractivity contribution in [2.75, 3.05) is 52.0 Å². The molecule has 0 aromatic heterocycles. The van der Waals surface area contributed by atoms with Gasteiger partial charge < -0.3 is 41.2 Å². The summed E-state index contributed by atoms with van der Waals surface area (Å²) in [5.74, 6) is 1.54. The smallest absolute Gasteiger partial charge is 0.410 e. The maximum absolute atomic E-state index is 14.1. The number of nitrogens with zero attached hydrogens (tertiary/aromatic N) is 3. The van der Waals surface area contributed by atoms with Crippen molar-refractivity contribution >= 4 is 29.9 Å². The number of allylic oxidation sites excluding steroid dienone is 2. The predicted octanol–water partition coefficient (Wildman–Crippen LogP) is 4.20. The fourth-order valence-corrected chi connectivity index (χ4v) is 8.40. The first-order valence-electron chi connectivity index (χ1n) is 17.4. The van der Waals surface area contributed by atoms with E-state index in [2.05, 4.69) is 35.6 Å². The highest BCUT2D eigenvalue weighted by atomic mass is 16.6. The van der Waals surface area contributed by atoms with Gasteiger partial charge in [-0.05, 0) is 119 Å². The van der Waals surface area contributed by atoms with Crippen LogP contribution in [-0.4, -0.2) is 96.9 Å². The van der Waals surface area contributed by atoms with Crippen LogP contribution < -0.4 is 16.4 Å². The molecule has 47 heavy (non-hydrogen) atoms. The molecule has 4 heterocycles. The minimum absolute atomic E-state index is 0.164. The Labute approximate surface area is 278 Å². The summed E-state index contributed by atoms with van der Waals surface area (Å²) in [7, 11) is 2.18. The van der Waals surface area contributed by atoms with Crippen molar-refractivity contribution < 1.29 is 19.1 Å². The molecule has 3 fully saturated rings. The summed E-state index contributed by atoms with van der Waals surface area (Å²) < 4.78 is 6.11. The second kappa shape index (κ2) is 13.7. The molecule has 1 aromatic rings. The Morgan fingerprint density at radius 2 is 1.72 bits per heavy atom. The molecule has 254 valence electrons. The number of fused-ring (bicyclic) bond motifs is 1. The second-order valence-corrected chi connectivity index (χ2v) is 14.5. The highest BCUT2D eigenvalue weighted by Gasteiger charge is 2.45. The number of aryl methyl sites for hydroxylation is 1. The van der Waals surface area contributed by atoms with Crippen LogP contribution in [0.25, 0.3) is 0 Å². The number of likely N-dealkylation sites (tertiary alicyclic amines) is 3. The number of carbonyl (C=O) groups excluding carboxylic acids is 3. The molecule has 0 saturated carbocycles. The summed E-state index contributed by atoms with van der Waals surface area (Å²) in [6, 6.07) is 3.51. The molecule has 1 aliphatic carbocycles. The number of nitrogen functional groups attached to an aromatic ring is 1. The molecule has 1 spiro atoms. The number of hydrogen-bond acceptors (Lipinski definition) is 7. The van der Waals surface area contributed by atoms with Gasteiger partial charge in [0.15, 0.2) is 6.10 Å². The van der Waals surface area contributed by atoms with Gasteiger partial charge in [0, 0.05) is 55.8 Å². The largest absolute Gasteiger partial charge is 0.436 e. The van der Waals surface area contributed by atoms with Crippen LogP contribution >= 0.6 is 0 Å². The monoisotopic (exact) mass is 645 g/mol. The maximum Gasteiger partial charge on any atom is 0.410 e. The van der Waals surface area contributed by atoms with Crippen LogP contribution in [0.2, 0.25) is 0 Å². The van der Waals surface area contributed by atoms with Crippen molar-refractivity contribution in [2.45, 2.75) is 76.9 Å². The number of amides is 4. The third-order valence-corrected chi connectivity index (χ3v) is 11.4. The molecule has 1 aromatic carbocycles. The first-order valence-corrected chi connectivity index (χ1v) is 17.4. The van der Waals surface area contributed by atoms with Gasteiger partial charge in [-0.15, -0.1) is 0 Å². The second-order valence-electron chi connectivity index (χ2n) is 14.5. The molecule has 6 rings (SSSR count). The molecule has 0 bridgehead atoms. The van der Waals surface area contributed by atoms with E-state index in [4.69, 9.17) is 15.9 Å². The number of piperidine rings is 3. The number of nitrogens with two attached hydrogens (primary N) is 1. The van der Waals surface area contributed by atoms with Crippen LogP contribution in [0.3, 0.4) is 0 Å². The van der Waals surface area contributed by atoms with Crippen LogP contribution in [0.15, 0.2) is 35.6 Å². The predicted molar refractivity (Wildman–Crippen MR) is 182 cm³/mol. The normalized spacial score (nSPS) is 24.4. The molecule has 11 nitrogen and oxygen atoms in total. The van der Waals surface area contributed by atoms with E-state index >= 15 is 0 Å². The summed E-state index contributed by atoms with van der Waals surface area (Å²) in [6.07, 6.45) is 10.4. The molecule has 5 aliphatic rings. The molecule has 5 N–H and O–H groups in total. The Bertz CT molecular complexity index is 1450. The molecule has 2 atom stereocenters. The number of benzene rings is 1. The van der Waals surface area contributed by atoms with E-state index in [1.165, 1.54) is 24.6 Å². The first kappa shape index (κ1) is 33.1. The van der Waals surface area contributed by atoms with E-state index < -0.39 is 17.7 Å². The third kappa shape index (κ3) is 7.05. The number of nitrogens with one attached hydrogen (secondary N) is 3. The SMILES string of the molecule is Cc1cc(CC(OC(=O)N2CCC3(CC2)NC(=O)NC2=C3CC(C)C=C2)C(=O)N2CCC(C3CCN(C)CC3)CC2)cc(C=N)c1N. The molecule has 4 amide bonds. The van der Waals surface area contributed by atoms with Gasteiger partial charge in [-0.3, -0.25) is 4.79 Å². The topological polar surface area (TPSA) is 144 Å². The fraction of sp³-hybridized carbons (Fsp3) is 0.611. The zero-order valence-corrected chi connectivity index (χ0v) is 28.1. The van der Waals surface area contributed by atoms with E-state index in [0.717, 1.165) is 49.2 Å². The van der Waals surface area contributed by atoms with Crippen molar-refractivity contribution in [1.82, 2.24) is 25.3 Å². The van der Waals surface area contributed by atoms with Crippen molar-refractivity contribution in [2.24, 2.45) is 17.8 Å². The average molecular weight is 646 g/mol. The Morgan fingerprint density at radius 1 is 1.06 bits per heavy atom. The molecule has 4 aliphatic heterocycles. The number of rotatable bonds is 6. The minimum atomic E-state index is -0.989. The Hall–Kier alpha value is -3.86. The Balaban J connectivity index is 1.15. The highest BCUT2D eigenvalue weighted by molar-refractivity contribution is 5.87. The van der Waals surface area contributed by atoms with Gasteiger partial charge in [0.05, 0.1) is 5.54 Å². The summed E-state index contributed by atoms with van der Waals surface area (Å²) >= 11 is 0. The standard InChI is InChI=1S/C36H51N7O4/c1-23-4-5-30-29(18-23)36(40-34(45)39-30)10-16-43(17-11-36)35(46)47-31(21-25-19-24(2)32(38)28(20-25)22-37)33(44)42-14-8-27(9-15-42)26-6-12-41(3)13-7-26/h4-5,19-20,22-23,26-27,31,37H,6-18,21,38H2,1-3H3,(H2,39,40,45). The molecule has 0 radical (unpaired) electrons. The zero-order chi connectivity index (χ0) is 33.3. The summed E-state index contributed by atoms with van der Waals surface area (Å²) in [5.41, 5.74) is 10.5. The molecular weight excluding hydrogens is 594 g/mol. The van der Waals surface area contributed by atoms with Gasteiger partial charge in [0.1, 0.15) is 0 Å². The van der Waals surface area contributed by atoms with Gasteiger partial charge in [-0.1, -0.05) is 19.1 Å². The fourth-order valence-electron chi connectivity index (χ4n) is 8.40. The van der Waals surface area contributed by atoms with E-state index in [9.17, 15) is 14.4 Å². The molecular formula is C36H51N7O4. The van der Waals surface area contributed by atoms with Gasteiger partial charge >= 0.3 is 12.1 Å². The summed E-state index contributed by atoms with van der Waals surface area (Å²) in [4.78, 5) is 46.4. The third-order valence-electron chi connectivity index (χ3n) is 11.4. The van der Waals surface area contributed by atoms with Gasteiger partial charge in [-0.2, -0.15) is 0 Å². The lowest BCUT2D eigenvalue weighted by Gasteiger charge is -2.47. The van der Waals surface area contributed by atoms with E-state index in [0.29, 0.717) is 68.0 Å². The number of carbonyl (C=O) groups is 3. The Morgan fingerprint density at radius 3 is 2.38 bits per heavy atom. The van der Waals surface area contributed by atoms with Crippen LogP contribution in [0.1, 0.15) is 68.6 Å². The van der Waals surface area contributed by atoms with Gasteiger partial charge in [-0.25, -0.2) is 9.59 Å². The van der Waals surface area contributed by atoms with E-state index in [-0.39, 0.29) is 18.4 Å². The number of ether oxygens (including phenoxy) is 1. The minimum Gasteiger partial charge on any atom is -0.436 e.